The smallest absolute Gasteiger partial charge is 0.255 e. The van der Waals surface area contributed by atoms with Gasteiger partial charge in [-0.2, -0.15) is 0 Å². The number of anilines is 1. The number of aryl methyl sites for hydroxylation is 1. The average Bonchev–Trinajstić information content (AvgIpc) is 2.47. The molecule has 2 aromatic carbocycles. The Morgan fingerprint density at radius 3 is 2.62 bits per heavy atom. The number of para-hydroxylation sites is 1. The van der Waals surface area contributed by atoms with Crippen molar-refractivity contribution in [3.63, 3.8) is 0 Å². The zero-order chi connectivity index (χ0) is 15.4. The first kappa shape index (κ1) is 15.0. The molecule has 4 heteroatoms. The van der Waals surface area contributed by atoms with E-state index in [1.54, 1.807) is 26.2 Å². The van der Waals surface area contributed by atoms with E-state index >= 15 is 0 Å². The Bertz CT molecular complexity index is 653. The van der Waals surface area contributed by atoms with Crippen molar-refractivity contribution in [2.75, 3.05) is 19.4 Å². The quantitative estimate of drug-likeness (QED) is 0.933. The Labute approximate surface area is 124 Å². The third-order valence-corrected chi connectivity index (χ3v) is 3.34. The first-order valence-corrected chi connectivity index (χ1v) is 6.78. The van der Waals surface area contributed by atoms with Crippen molar-refractivity contribution in [2.24, 2.45) is 0 Å². The Morgan fingerprint density at radius 2 is 1.90 bits per heavy atom. The highest BCUT2D eigenvalue weighted by Crippen LogP contribution is 2.19. The summed E-state index contributed by atoms with van der Waals surface area (Å²) < 4.78 is 13.3. The monoisotopic (exact) mass is 286 g/mol. The van der Waals surface area contributed by atoms with Crippen LogP contribution in [0.2, 0.25) is 0 Å². The number of benzene rings is 2. The molecular weight excluding hydrogens is 267 g/mol. The predicted molar refractivity (Wildman–Crippen MR) is 82.9 cm³/mol. The van der Waals surface area contributed by atoms with Gasteiger partial charge in [-0.25, -0.2) is 4.39 Å². The summed E-state index contributed by atoms with van der Waals surface area (Å²) in [5.41, 5.74) is 3.25. The summed E-state index contributed by atoms with van der Waals surface area (Å²) >= 11 is 0. The largest absolute Gasteiger partial charge is 0.380 e. The Hall–Kier alpha value is -2.36. The third kappa shape index (κ3) is 3.60. The molecule has 0 aliphatic carbocycles. The van der Waals surface area contributed by atoms with E-state index in [0.717, 1.165) is 16.8 Å². The van der Waals surface area contributed by atoms with Crippen LogP contribution >= 0.6 is 0 Å². The van der Waals surface area contributed by atoms with Crippen LogP contribution in [-0.4, -0.2) is 24.9 Å². The first-order chi connectivity index (χ1) is 9.99. The van der Waals surface area contributed by atoms with E-state index in [2.05, 4.69) is 5.32 Å². The molecule has 2 aromatic rings. The third-order valence-electron chi connectivity index (χ3n) is 3.34. The molecule has 0 radical (unpaired) electrons. The van der Waals surface area contributed by atoms with Crippen molar-refractivity contribution in [2.45, 2.75) is 13.5 Å². The Balaban J connectivity index is 2.21. The van der Waals surface area contributed by atoms with E-state index in [4.69, 9.17) is 0 Å². The minimum Gasteiger partial charge on any atom is -0.380 e. The highest BCUT2D eigenvalue weighted by molar-refractivity contribution is 5.99. The fourth-order valence-corrected chi connectivity index (χ4v) is 2.09. The molecule has 0 aliphatic heterocycles. The molecular formula is C17H19FN2O. The molecule has 21 heavy (non-hydrogen) atoms. The zero-order valence-electron chi connectivity index (χ0n) is 12.5. The maximum atomic E-state index is 13.3. The number of rotatable bonds is 4. The van der Waals surface area contributed by atoms with Crippen LogP contribution in [0.5, 0.6) is 0 Å². The number of hydrogen-bond acceptors (Lipinski definition) is 2. The SMILES string of the molecule is Cc1ccc(F)cc1CNc1ccccc1C(=O)N(C)C. The highest BCUT2D eigenvalue weighted by Gasteiger charge is 2.12. The van der Waals surface area contributed by atoms with E-state index in [1.807, 2.05) is 25.1 Å². The molecule has 1 N–H and O–H groups in total. The lowest BCUT2D eigenvalue weighted by molar-refractivity contribution is 0.0828. The van der Waals surface area contributed by atoms with Crippen molar-refractivity contribution < 1.29 is 9.18 Å². The number of halogens is 1. The van der Waals surface area contributed by atoms with E-state index in [9.17, 15) is 9.18 Å². The summed E-state index contributed by atoms with van der Waals surface area (Å²) in [6.07, 6.45) is 0. The number of carbonyl (C=O) groups excluding carboxylic acids is 1. The normalized spacial score (nSPS) is 10.3. The Kier molecular flexibility index (Phi) is 4.58. The fraction of sp³-hybridized carbons (Fsp3) is 0.235. The first-order valence-electron chi connectivity index (χ1n) is 6.78. The van der Waals surface area contributed by atoms with Gasteiger partial charge in [-0.05, 0) is 42.3 Å². The molecule has 0 fully saturated rings. The van der Waals surface area contributed by atoms with Crippen molar-refractivity contribution in [1.82, 2.24) is 4.90 Å². The van der Waals surface area contributed by atoms with E-state index < -0.39 is 0 Å². The Morgan fingerprint density at radius 1 is 1.19 bits per heavy atom. The summed E-state index contributed by atoms with van der Waals surface area (Å²) in [4.78, 5) is 13.7. The van der Waals surface area contributed by atoms with Crippen molar-refractivity contribution in [3.05, 3.63) is 65.0 Å². The van der Waals surface area contributed by atoms with Crippen molar-refractivity contribution in [1.29, 1.82) is 0 Å². The molecule has 0 saturated heterocycles. The summed E-state index contributed by atoms with van der Waals surface area (Å²) in [7, 11) is 3.44. The van der Waals surface area contributed by atoms with Gasteiger partial charge < -0.3 is 10.2 Å². The minimum atomic E-state index is -0.255. The summed E-state index contributed by atoms with van der Waals surface area (Å²) in [6, 6.07) is 12.0. The topological polar surface area (TPSA) is 32.3 Å². The number of nitrogens with zero attached hydrogens (tertiary/aromatic N) is 1. The molecule has 1 amide bonds. The lowest BCUT2D eigenvalue weighted by Crippen LogP contribution is -2.22. The van der Waals surface area contributed by atoms with Gasteiger partial charge in [0.25, 0.3) is 5.91 Å². The van der Waals surface area contributed by atoms with E-state index in [0.29, 0.717) is 12.1 Å². The highest BCUT2D eigenvalue weighted by atomic mass is 19.1. The van der Waals surface area contributed by atoms with Gasteiger partial charge in [-0.3, -0.25) is 4.79 Å². The number of hydrogen-bond donors (Lipinski definition) is 1. The van der Waals surface area contributed by atoms with Crippen LogP contribution in [0, 0.1) is 12.7 Å². The number of amides is 1. The van der Waals surface area contributed by atoms with Crippen LogP contribution in [0.4, 0.5) is 10.1 Å². The molecule has 0 aromatic heterocycles. The van der Waals surface area contributed by atoms with Crippen molar-refractivity contribution in [3.8, 4) is 0 Å². The molecule has 0 atom stereocenters. The summed E-state index contributed by atoms with van der Waals surface area (Å²) in [6.45, 7) is 2.41. The second kappa shape index (κ2) is 6.39. The second-order valence-electron chi connectivity index (χ2n) is 5.17. The molecule has 0 spiro atoms. The van der Waals surface area contributed by atoms with Gasteiger partial charge in [0, 0.05) is 26.3 Å². The van der Waals surface area contributed by atoms with Gasteiger partial charge in [-0.15, -0.1) is 0 Å². The van der Waals surface area contributed by atoms with Crippen LogP contribution in [0.1, 0.15) is 21.5 Å². The van der Waals surface area contributed by atoms with Gasteiger partial charge in [0.1, 0.15) is 5.82 Å². The van der Waals surface area contributed by atoms with Gasteiger partial charge in [0.15, 0.2) is 0 Å². The van der Waals surface area contributed by atoms with Crippen LogP contribution in [0.25, 0.3) is 0 Å². The number of carbonyl (C=O) groups is 1. The van der Waals surface area contributed by atoms with E-state index in [1.165, 1.54) is 17.0 Å². The minimum absolute atomic E-state index is 0.0611. The molecule has 2 rings (SSSR count). The molecule has 3 nitrogen and oxygen atoms in total. The average molecular weight is 286 g/mol. The van der Waals surface area contributed by atoms with Crippen molar-refractivity contribution >= 4 is 11.6 Å². The molecule has 0 bridgehead atoms. The molecule has 0 saturated carbocycles. The molecule has 0 heterocycles. The van der Waals surface area contributed by atoms with Gasteiger partial charge in [0.05, 0.1) is 5.56 Å². The van der Waals surface area contributed by atoms with Crippen LogP contribution in [0.3, 0.4) is 0 Å². The fourth-order valence-electron chi connectivity index (χ4n) is 2.09. The standard InChI is InChI=1S/C17H19FN2O/c1-12-8-9-14(18)10-13(12)11-19-16-7-5-4-6-15(16)17(21)20(2)3/h4-10,19H,11H2,1-3H3. The van der Waals surface area contributed by atoms with Crippen LogP contribution in [0.15, 0.2) is 42.5 Å². The molecule has 0 aliphatic rings. The zero-order valence-corrected chi connectivity index (χ0v) is 12.5. The van der Waals surface area contributed by atoms with Crippen LogP contribution < -0.4 is 5.32 Å². The predicted octanol–water partition coefficient (Wildman–Crippen LogP) is 3.45. The molecule has 0 unspecified atom stereocenters. The van der Waals surface area contributed by atoms with Crippen LogP contribution in [-0.2, 0) is 6.54 Å². The maximum absolute atomic E-state index is 13.3. The summed E-state index contributed by atoms with van der Waals surface area (Å²) in [5.74, 6) is -0.316. The summed E-state index contributed by atoms with van der Waals surface area (Å²) in [5, 5.41) is 3.22. The van der Waals surface area contributed by atoms with Gasteiger partial charge in [-0.1, -0.05) is 18.2 Å². The van der Waals surface area contributed by atoms with E-state index in [-0.39, 0.29) is 11.7 Å². The number of nitrogens with one attached hydrogen (secondary N) is 1. The lowest BCUT2D eigenvalue weighted by Gasteiger charge is -2.16. The molecule has 110 valence electrons. The second-order valence-corrected chi connectivity index (χ2v) is 5.17. The lowest BCUT2D eigenvalue weighted by atomic mass is 10.1. The van der Waals surface area contributed by atoms with Gasteiger partial charge in [0.2, 0.25) is 0 Å². The van der Waals surface area contributed by atoms with Gasteiger partial charge >= 0.3 is 0 Å². The maximum Gasteiger partial charge on any atom is 0.255 e.